The molecule has 62 valence electrons. The Morgan fingerprint density at radius 1 is 1.42 bits per heavy atom. The summed E-state index contributed by atoms with van der Waals surface area (Å²) in [5.74, 6) is 0.736. The van der Waals surface area contributed by atoms with E-state index in [1.54, 1.807) is 17.3 Å². The van der Waals surface area contributed by atoms with E-state index < -0.39 is 6.09 Å². The Morgan fingerprint density at radius 3 is 3.00 bits per heavy atom. The van der Waals surface area contributed by atoms with E-state index in [0.717, 1.165) is 10.7 Å². The summed E-state index contributed by atoms with van der Waals surface area (Å²) in [6.45, 7) is 0. The molecule has 2 heterocycles. The number of hydrogen-bond acceptors (Lipinski definition) is 3. The van der Waals surface area contributed by atoms with Gasteiger partial charge in [0.2, 0.25) is 0 Å². The SMILES string of the molecule is O=C(O)N1C=CN2C=CNC2=C1. The quantitative estimate of drug-likeness (QED) is 0.552. The van der Waals surface area contributed by atoms with Gasteiger partial charge < -0.3 is 15.3 Å². The molecule has 1 amide bonds. The number of nitrogens with zero attached hydrogens (tertiary/aromatic N) is 2. The third-order valence-corrected chi connectivity index (χ3v) is 1.61. The highest BCUT2D eigenvalue weighted by Crippen LogP contribution is 2.15. The van der Waals surface area contributed by atoms with Gasteiger partial charge in [-0.3, -0.25) is 4.90 Å². The predicted octanol–water partition coefficient (Wildman–Crippen LogP) is 0.627. The molecule has 2 aliphatic rings. The van der Waals surface area contributed by atoms with Crippen molar-refractivity contribution in [1.82, 2.24) is 15.1 Å². The number of rotatable bonds is 0. The first kappa shape index (κ1) is 6.78. The lowest BCUT2D eigenvalue weighted by Gasteiger charge is -2.21. The van der Waals surface area contributed by atoms with Crippen LogP contribution in [-0.2, 0) is 0 Å². The fourth-order valence-electron chi connectivity index (χ4n) is 1.03. The van der Waals surface area contributed by atoms with Crippen molar-refractivity contribution < 1.29 is 9.90 Å². The Balaban J connectivity index is 2.23. The lowest BCUT2D eigenvalue weighted by Crippen LogP contribution is -2.26. The first-order chi connectivity index (χ1) is 5.77. The topological polar surface area (TPSA) is 55.8 Å². The molecular formula is C7H7N3O2. The minimum absolute atomic E-state index is 0.736. The second-order valence-electron chi connectivity index (χ2n) is 2.37. The summed E-state index contributed by atoms with van der Waals surface area (Å²) in [5.41, 5.74) is 0. The zero-order chi connectivity index (χ0) is 8.55. The summed E-state index contributed by atoms with van der Waals surface area (Å²) < 4.78 is 0. The van der Waals surface area contributed by atoms with Gasteiger partial charge in [0.05, 0.1) is 6.20 Å². The fourth-order valence-corrected chi connectivity index (χ4v) is 1.03. The third-order valence-electron chi connectivity index (χ3n) is 1.61. The second-order valence-corrected chi connectivity index (χ2v) is 2.37. The second kappa shape index (κ2) is 2.30. The summed E-state index contributed by atoms with van der Waals surface area (Å²) in [6, 6.07) is 0. The fraction of sp³-hybridized carbons (Fsp3) is 0. The molecule has 0 saturated heterocycles. The summed E-state index contributed by atoms with van der Waals surface area (Å²) >= 11 is 0. The molecule has 0 unspecified atom stereocenters. The zero-order valence-corrected chi connectivity index (χ0v) is 6.14. The minimum Gasteiger partial charge on any atom is -0.464 e. The molecule has 5 heteroatoms. The van der Waals surface area contributed by atoms with Gasteiger partial charge in [-0.05, 0) is 0 Å². The molecule has 0 aromatic heterocycles. The Bertz CT molecular complexity index is 306. The number of nitrogens with one attached hydrogen (secondary N) is 1. The molecule has 2 rings (SSSR count). The summed E-state index contributed by atoms with van der Waals surface area (Å²) in [7, 11) is 0. The predicted molar refractivity (Wildman–Crippen MR) is 41.2 cm³/mol. The van der Waals surface area contributed by atoms with Gasteiger partial charge in [0, 0.05) is 24.8 Å². The number of fused-ring (bicyclic) bond motifs is 1. The third kappa shape index (κ3) is 0.914. The van der Waals surface area contributed by atoms with Gasteiger partial charge in [-0.2, -0.15) is 0 Å². The highest BCUT2D eigenvalue weighted by atomic mass is 16.4. The van der Waals surface area contributed by atoms with Crippen molar-refractivity contribution in [3.63, 3.8) is 0 Å². The normalized spacial score (nSPS) is 18.8. The van der Waals surface area contributed by atoms with Crippen molar-refractivity contribution in [3.05, 3.63) is 36.8 Å². The van der Waals surface area contributed by atoms with Crippen molar-refractivity contribution in [2.24, 2.45) is 0 Å². The van der Waals surface area contributed by atoms with E-state index in [1.807, 2.05) is 6.20 Å². The van der Waals surface area contributed by atoms with Crippen molar-refractivity contribution >= 4 is 6.09 Å². The minimum atomic E-state index is -0.993. The van der Waals surface area contributed by atoms with Crippen LogP contribution in [-0.4, -0.2) is 21.0 Å². The first-order valence-electron chi connectivity index (χ1n) is 3.40. The summed E-state index contributed by atoms with van der Waals surface area (Å²) in [6.07, 6.45) is 7.20. The Kier molecular flexibility index (Phi) is 1.30. The highest BCUT2D eigenvalue weighted by molar-refractivity contribution is 5.68. The largest absolute Gasteiger partial charge is 0.464 e. The average Bonchev–Trinajstić information content (AvgIpc) is 2.49. The summed E-state index contributed by atoms with van der Waals surface area (Å²) in [4.78, 5) is 13.4. The molecule has 0 aromatic rings. The van der Waals surface area contributed by atoms with Crippen LogP contribution in [0.4, 0.5) is 4.79 Å². The van der Waals surface area contributed by atoms with Crippen LogP contribution in [0.5, 0.6) is 0 Å². The van der Waals surface area contributed by atoms with Crippen LogP contribution in [0.1, 0.15) is 0 Å². The lowest BCUT2D eigenvalue weighted by atomic mass is 10.5. The molecule has 0 spiro atoms. The van der Waals surface area contributed by atoms with Crippen molar-refractivity contribution in [2.75, 3.05) is 0 Å². The van der Waals surface area contributed by atoms with Crippen LogP contribution in [0.3, 0.4) is 0 Å². The van der Waals surface area contributed by atoms with Crippen molar-refractivity contribution in [3.8, 4) is 0 Å². The van der Waals surface area contributed by atoms with E-state index in [-0.39, 0.29) is 0 Å². The monoisotopic (exact) mass is 165 g/mol. The van der Waals surface area contributed by atoms with E-state index in [9.17, 15) is 4.79 Å². The van der Waals surface area contributed by atoms with Gasteiger partial charge in [-0.15, -0.1) is 0 Å². The van der Waals surface area contributed by atoms with Crippen LogP contribution in [0.2, 0.25) is 0 Å². The first-order valence-corrected chi connectivity index (χ1v) is 3.40. The molecule has 2 aliphatic heterocycles. The van der Waals surface area contributed by atoms with Gasteiger partial charge in [-0.1, -0.05) is 0 Å². The van der Waals surface area contributed by atoms with Gasteiger partial charge in [0.15, 0.2) is 0 Å². The zero-order valence-electron chi connectivity index (χ0n) is 6.14. The van der Waals surface area contributed by atoms with Gasteiger partial charge in [0.25, 0.3) is 0 Å². The van der Waals surface area contributed by atoms with Gasteiger partial charge >= 0.3 is 6.09 Å². The standard InChI is InChI=1S/C7H7N3O2/c11-7(12)10-4-3-9-2-1-8-6(9)5-10/h1-5,8H,(H,11,12). The number of amides is 1. The number of carboxylic acid groups (broad SMARTS) is 1. The van der Waals surface area contributed by atoms with E-state index in [2.05, 4.69) is 5.32 Å². The molecule has 0 aliphatic carbocycles. The molecule has 0 radical (unpaired) electrons. The average molecular weight is 165 g/mol. The molecule has 0 aromatic carbocycles. The number of hydrogen-bond donors (Lipinski definition) is 2. The van der Waals surface area contributed by atoms with Gasteiger partial charge in [0.1, 0.15) is 5.82 Å². The molecule has 0 bridgehead atoms. The maximum atomic E-state index is 10.5. The molecule has 0 atom stereocenters. The van der Waals surface area contributed by atoms with Crippen LogP contribution < -0.4 is 5.32 Å². The molecular weight excluding hydrogens is 158 g/mol. The smallest absolute Gasteiger partial charge is 0.415 e. The van der Waals surface area contributed by atoms with E-state index >= 15 is 0 Å². The Hall–Kier alpha value is -1.91. The van der Waals surface area contributed by atoms with Gasteiger partial charge in [-0.25, -0.2) is 4.79 Å². The molecule has 12 heavy (non-hydrogen) atoms. The van der Waals surface area contributed by atoms with E-state index in [0.29, 0.717) is 0 Å². The van der Waals surface area contributed by atoms with E-state index in [4.69, 9.17) is 5.11 Å². The maximum Gasteiger partial charge on any atom is 0.415 e. The Morgan fingerprint density at radius 2 is 2.25 bits per heavy atom. The summed E-state index contributed by atoms with van der Waals surface area (Å²) in [5, 5.41) is 11.5. The Labute approximate surface area is 68.9 Å². The van der Waals surface area contributed by atoms with Crippen LogP contribution in [0.15, 0.2) is 36.8 Å². The van der Waals surface area contributed by atoms with Crippen LogP contribution >= 0.6 is 0 Å². The maximum absolute atomic E-state index is 10.5. The van der Waals surface area contributed by atoms with Crippen molar-refractivity contribution in [2.45, 2.75) is 0 Å². The molecule has 2 N–H and O–H groups in total. The molecule has 0 fully saturated rings. The van der Waals surface area contributed by atoms with E-state index in [1.165, 1.54) is 12.4 Å². The molecule has 5 nitrogen and oxygen atoms in total. The number of carbonyl (C=O) groups is 1. The van der Waals surface area contributed by atoms with Crippen LogP contribution in [0, 0.1) is 0 Å². The lowest BCUT2D eigenvalue weighted by molar-refractivity contribution is 0.173. The van der Waals surface area contributed by atoms with Crippen LogP contribution in [0.25, 0.3) is 0 Å². The molecule has 0 saturated carbocycles. The highest BCUT2D eigenvalue weighted by Gasteiger charge is 2.17. The van der Waals surface area contributed by atoms with Crippen molar-refractivity contribution in [1.29, 1.82) is 0 Å².